The van der Waals surface area contributed by atoms with Crippen molar-refractivity contribution >= 4 is 0 Å². The van der Waals surface area contributed by atoms with Crippen LogP contribution >= 0.6 is 0 Å². The third kappa shape index (κ3) is 9.62. The zero-order chi connectivity index (χ0) is 5.54. The number of rotatable bonds is 4. The predicted molar refractivity (Wildman–Crippen MR) is 27.0 cm³/mol. The Bertz CT molecular complexity index is 33.2. The van der Waals surface area contributed by atoms with Gasteiger partial charge in [-0.3, -0.25) is 0 Å². The second-order valence-electron chi connectivity index (χ2n) is 1.20. The Kier molecular flexibility index (Phi) is 14.5. The zero-order valence-corrected chi connectivity index (χ0v) is 5.53. The molecule has 0 saturated carbocycles. The van der Waals surface area contributed by atoms with Gasteiger partial charge in [0.2, 0.25) is 0 Å². The molecule has 0 fully saturated rings. The minimum atomic E-state index is 0. The molecule has 0 rings (SSSR count). The third-order valence-electron chi connectivity index (χ3n) is 0.577. The first-order valence-electron chi connectivity index (χ1n) is 2.34. The maximum Gasteiger partial charge on any atom is 0.0555 e. The Hall–Kier alpha value is 0.374. The summed E-state index contributed by atoms with van der Waals surface area (Å²) in [6.07, 6.45) is 0. The van der Waals surface area contributed by atoms with Crippen LogP contribution in [0.1, 0.15) is 0 Å². The quantitative estimate of drug-likeness (QED) is 0.352. The molecule has 0 atom stereocenters. The van der Waals surface area contributed by atoms with E-state index < -0.39 is 0 Å². The van der Waals surface area contributed by atoms with E-state index in [0.717, 1.165) is 0 Å². The van der Waals surface area contributed by atoms with Gasteiger partial charge in [-0.2, -0.15) is 0 Å². The average molecular weight is 164 g/mol. The van der Waals surface area contributed by atoms with Gasteiger partial charge in [-0.05, 0) is 0 Å². The van der Waals surface area contributed by atoms with Crippen LogP contribution in [0.3, 0.4) is 0 Å². The molecule has 0 aromatic heterocycles. The average Bonchev–Trinajstić information content (AvgIpc) is 1.69. The molecule has 0 aliphatic carbocycles. The molecule has 0 saturated heterocycles. The van der Waals surface area contributed by atoms with Crippen molar-refractivity contribution in [1.29, 1.82) is 0 Å². The molecule has 3 nitrogen and oxygen atoms in total. The molecule has 4 heteroatoms. The molecule has 0 radical (unpaired) electrons. The van der Waals surface area contributed by atoms with E-state index in [1.165, 1.54) is 0 Å². The fourth-order valence-corrected chi connectivity index (χ4v) is 0.283. The number of hydrogen-bond donors (Lipinski definition) is 3. The molecule has 0 aliphatic heterocycles. The van der Waals surface area contributed by atoms with Crippen molar-refractivity contribution in [3.8, 4) is 0 Å². The Morgan fingerprint density at radius 2 is 1.38 bits per heavy atom. The van der Waals surface area contributed by atoms with Gasteiger partial charge in [0.05, 0.1) is 13.2 Å². The summed E-state index contributed by atoms with van der Waals surface area (Å²) in [5.41, 5.74) is 0. The van der Waals surface area contributed by atoms with Crippen LogP contribution in [0.4, 0.5) is 0 Å². The topological polar surface area (TPSA) is 52.5 Å². The molecular weight excluding hydrogens is 153 g/mol. The van der Waals surface area contributed by atoms with Gasteiger partial charge in [0.1, 0.15) is 0 Å². The van der Waals surface area contributed by atoms with Crippen molar-refractivity contribution in [1.82, 2.24) is 5.32 Å². The van der Waals surface area contributed by atoms with Gasteiger partial charge in [-0.1, -0.05) is 0 Å². The summed E-state index contributed by atoms with van der Waals surface area (Å²) in [7, 11) is 0. The molecule has 54 valence electrons. The molecule has 0 amide bonds. The van der Waals surface area contributed by atoms with Crippen LogP contribution in [0.2, 0.25) is 0 Å². The number of aliphatic hydroxyl groups is 2. The summed E-state index contributed by atoms with van der Waals surface area (Å²) >= 11 is 0. The van der Waals surface area contributed by atoms with Crippen molar-refractivity contribution in [3.63, 3.8) is 0 Å². The van der Waals surface area contributed by atoms with E-state index in [-0.39, 0.29) is 29.7 Å². The largest absolute Gasteiger partial charge is 0.395 e. The van der Waals surface area contributed by atoms with Crippen LogP contribution < -0.4 is 5.32 Å². The number of hydrogen-bond acceptors (Lipinski definition) is 3. The fraction of sp³-hybridized carbons (Fsp3) is 1.00. The van der Waals surface area contributed by atoms with Crippen molar-refractivity contribution < 1.29 is 26.7 Å². The second kappa shape index (κ2) is 10.4. The van der Waals surface area contributed by atoms with Gasteiger partial charge >= 0.3 is 0 Å². The normalized spacial score (nSPS) is 8.25. The van der Waals surface area contributed by atoms with Crippen LogP contribution in [-0.2, 0) is 16.5 Å². The molecule has 0 bridgehead atoms. The maximum absolute atomic E-state index is 8.15. The number of nitrogens with one attached hydrogen (secondary N) is 1. The SMILES string of the molecule is OCCNCCO.[Ni]. The molecule has 0 aromatic carbocycles. The number of aliphatic hydroxyl groups excluding tert-OH is 2. The van der Waals surface area contributed by atoms with E-state index in [1.807, 2.05) is 0 Å². The van der Waals surface area contributed by atoms with Gasteiger partial charge < -0.3 is 15.5 Å². The van der Waals surface area contributed by atoms with E-state index in [4.69, 9.17) is 10.2 Å². The second-order valence-corrected chi connectivity index (χ2v) is 1.20. The Morgan fingerprint density at radius 3 is 1.62 bits per heavy atom. The van der Waals surface area contributed by atoms with Crippen LogP contribution in [0.25, 0.3) is 0 Å². The summed E-state index contributed by atoms with van der Waals surface area (Å²) in [5.74, 6) is 0. The fourth-order valence-electron chi connectivity index (χ4n) is 0.283. The summed E-state index contributed by atoms with van der Waals surface area (Å²) < 4.78 is 0. The Balaban J connectivity index is 0. The zero-order valence-electron chi connectivity index (χ0n) is 4.54. The van der Waals surface area contributed by atoms with Gasteiger partial charge in [0, 0.05) is 29.6 Å². The van der Waals surface area contributed by atoms with Crippen molar-refractivity contribution in [2.45, 2.75) is 0 Å². The standard InChI is InChI=1S/C4H11NO2.Ni/c6-3-1-5-2-4-7;/h5-7H,1-4H2;. The molecule has 3 N–H and O–H groups in total. The minimum absolute atomic E-state index is 0. The van der Waals surface area contributed by atoms with E-state index in [9.17, 15) is 0 Å². The summed E-state index contributed by atoms with van der Waals surface area (Å²) in [6, 6.07) is 0. The molecular formula is C4H11NNiO2. The van der Waals surface area contributed by atoms with Crippen LogP contribution in [0.15, 0.2) is 0 Å². The van der Waals surface area contributed by atoms with E-state index in [2.05, 4.69) is 5.32 Å². The Labute approximate surface area is 59.0 Å². The smallest absolute Gasteiger partial charge is 0.0555 e. The summed E-state index contributed by atoms with van der Waals surface area (Å²) in [5, 5.41) is 19.1. The van der Waals surface area contributed by atoms with Crippen LogP contribution in [0, 0.1) is 0 Å². The minimum Gasteiger partial charge on any atom is -0.395 e. The first-order valence-corrected chi connectivity index (χ1v) is 2.34. The molecule has 0 aliphatic rings. The first-order chi connectivity index (χ1) is 3.41. The van der Waals surface area contributed by atoms with E-state index >= 15 is 0 Å². The molecule has 8 heavy (non-hydrogen) atoms. The van der Waals surface area contributed by atoms with Crippen LogP contribution in [0.5, 0.6) is 0 Å². The van der Waals surface area contributed by atoms with Crippen molar-refractivity contribution in [2.75, 3.05) is 26.3 Å². The van der Waals surface area contributed by atoms with E-state index in [1.54, 1.807) is 0 Å². The van der Waals surface area contributed by atoms with Gasteiger partial charge in [-0.25, -0.2) is 0 Å². The molecule has 0 spiro atoms. The van der Waals surface area contributed by atoms with Crippen molar-refractivity contribution in [3.05, 3.63) is 0 Å². The first kappa shape index (κ1) is 11.2. The molecule has 0 aromatic rings. The van der Waals surface area contributed by atoms with E-state index in [0.29, 0.717) is 13.1 Å². The Morgan fingerprint density at radius 1 is 1.00 bits per heavy atom. The van der Waals surface area contributed by atoms with Gasteiger partial charge in [-0.15, -0.1) is 0 Å². The van der Waals surface area contributed by atoms with Crippen molar-refractivity contribution in [2.24, 2.45) is 0 Å². The summed E-state index contributed by atoms with van der Waals surface area (Å²) in [4.78, 5) is 0. The predicted octanol–water partition coefficient (Wildman–Crippen LogP) is -1.44. The maximum atomic E-state index is 8.15. The van der Waals surface area contributed by atoms with Crippen LogP contribution in [-0.4, -0.2) is 36.5 Å². The third-order valence-corrected chi connectivity index (χ3v) is 0.577. The molecule has 0 heterocycles. The molecule has 0 unspecified atom stereocenters. The summed E-state index contributed by atoms with van der Waals surface area (Å²) in [6.45, 7) is 1.42. The van der Waals surface area contributed by atoms with Gasteiger partial charge in [0.15, 0.2) is 0 Å². The van der Waals surface area contributed by atoms with Gasteiger partial charge in [0.25, 0.3) is 0 Å². The monoisotopic (exact) mass is 163 g/mol.